The van der Waals surface area contributed by atoms with E-state index >= 15 is 0 Å². The maximum atomic E-state index is 10.5. The highest BCUT2D eigenvalue weighted by Gasteiger charge is 2.00. The molecule has 0 saturated heterocycles. The van der Waals surface area contributed by atoms with Crippen molar-refractivity contribution in [3.63, 3.8) is 0 Å². The molecular formula is C11H11ClO2S. The molecule has 0 amide bonds. The molecule has 80 valence electrons. The summed E-state index contributed by atoms with van der Waals surface area (Å²) in [5, 5.41) is 9.33. The van der Waals surface area contributed by atoms with Gasteiger partial charge < -0.3 is 5.11 Å². The molecule has 0 aliphatic rings. The smallest absolute Gasteiger partial charge is 0.330 e. The molecule has 0 fully saturated rings. The third-order valence-electron chi connectivity index (χ3n) is 1.80. The zero-order valence-electron chi connectivity index (χ0n) is 8.24. The number of carboxylic acid groups (broad SMARTS) is 1. The lowest BCUT2D eigenvalue weighted by Gasteiger charge is -2.00. The SMILES string of the molecule is CC(=CCSc1ccccc1Cl)C(=O)O. The average molecular weight is 243 g/mol. The molecule has 0 heterocycles. The maximum Gasteiger partial charge on any atom is 0.330 e. The van der Waals surface area contributed by atoms with E-state index in [-0.39, 0.29) is 0 Å². The molecule has 0 spiro atoms. The predicted octanol–water partition coefficient (Wildman–Crippen LogP) is 3.46. The Morgan fingerprint density at radius 1 is 1.53 bits per heavy atom. The fourth-order valence-corrected chi connectivity index (χ4v) is 2.10. The molecule has 0 atom stereocenters. The van der Waals surface area contributed by atoms with Gasteiger partial charge in [0.2, 0.25) is 0 Å². The normalized spacial score (nSPS) is 11.5. The van der Waals surface area contributed by atoms with E-state index in [1.165, 1.54) is 11.8 Å². The van der Waals surface area contributed by atoms with Crippen molar-refractivity contribution >= 4 is 29.3 Å². The molecule has 4 heteroatoms. The van der Waals surface area contributed by atoms with E-state index in [2.05, 4.69) is 0 Å². The minimum atomic E-state index is -0.880. The Bertz CT molecular complexity index is 388. The van der Waals surface area contributed by atoms with Crippen LogP contribution >= 0.6 is 23.4 Å². The van der Waals surface area contributed by atoms with Crippen LogP contribution in [0, 0.1) is 0 Å². The summed E-state index contributed by atoms with van der Waals surface area (Å²) >= 11 is 7.47. The number of carbonyl (C=O) groups is 1. The summed E-state index contributed by atoms with van der Waals surface area (Å²) in [7, 11) is 0. The fraction of sp³-hybridized carbons (Fsp3) is 0.182. The second kappa shape index (κ2) is 5.83. The van der Waals surface area contributed by atoms with E-state index in [0.717, 1.165) is 4.90 Å². The Labute approximate surface area is 97.9 Å². The second-order valence-corrected chi connectivity index (χ2v) is 4.40. The fourth-order valence-electron chi connectivity index (χ4n) is 0.906. The van der Waals surface area contributed by atoms with Gasteiger partial charge in [-0.25, -0.2) is 4.79 Å². The summed E-state index contributed by atoms with van der Waals surface area (Å²) in [6, 6.07) is 7.50. The summed E-state index contributed by atoms with van der Waals surface area (Å²) in [6.07, 6.45) is 1.68. The lowest BCUT2D eigenvalue weighted by molar-refractivity contribution is -0.132. The van der Waals surface area contributed by atoms with Crippen LogP contribution < -0.4 is 0 Å². The van der Waals surface area contributed by atoms with Crippen molar-refractivity contribution in [1.29, 1.82) is 0 Å². The first-order valence-corrected chi connectivity index (χ1v) is 5.75. The van der Waals surface area contributed by atoms with Gasteiger partial charge in [0.25, 0.3) is 0 Å². The number of halogens is 1. The summed E-state index contributed by atoms with van der Waals surface area (Å²) < 4.78 is 0. The van der Waals surface area contributed by atoms with E-state index in [1.807, 2.05) is 24.3 Å². The Hall–Kier alpha value is -0.930. The largest absolute Gasteiger partial charge is 0.478 e. The maximum absolute atomic E-state index is 10.5. The van der Waals surface area contributed by atoms with Crippen LogP contribution in [-0.2, 0) is 4.79 Å². The van der Waals surface area contributed by atoms with Crippen molar-refractivity contribution in [3.05, 3.63) is 40.9 Å². The van der Waals surface area contributed by atoms with E-state index in [0.29, 0.717) is 16.3 Å². The van der Waals surface area contributed by atoms with Crippen LogP contribution in [0.2, 0.25) is 5.02 Å². The molecule has 1 aromatic carbocycles. The minimum absolute atomic E-state index is 0.356. The zero-order chi connectivity index (χ0) is 11.3. The van der Waals surface area contributed by atoms with Gasteiger partial charge in [0, 0.05) is 16.2 Å². The van der Waals surface area contributed by atoms with Crippen molar-refractivity contribution < 1.29 is 9.90 Å². The number of carboxylic acids is 1. The first-order chi connectivity index (χ1) is 7.11. The summed E-state index contributed by atoms with van der Waals surface area (Å²) in [6.45, 7) is 1.58. The monoisotopic (exact) mass is 242 g/mol. The topological polar surface area (TPSA) is 37.3 Å². The molecule has 0 unspecified atom stereocenters. The van der Waals surface area contributed by atoms with E-state index in [1.54, 1.807) is 13.0 Å². The van der Waals surface area contributed by atoms with Gasteiger partial charge in [0.05, 0.1) is 5.02 Å². The van der Waals surface area contributed by atoms with E-state index in [4.69, 9.17) is 16.7 Å². The highest BCUT2D eigenvalue weighted by molar-refractivity contribution is 7.99. The molecule has 0 aliphatic heterocycles. The third kappa shape index (κ3) is 3.98. The molecular weight excluding hydrogens is 232 g/mol. The molecule has 0 aliphatic carbocycles. The molecule has 0 bridgehead atoms. The van der Waals surface area contributed by atoms with Crippen molar-refractivity contribution in [2.45, 2.75) is 11.8 Å². The van der Waals surface area contributed by atoms with Crippen LogP contribution in [-0.4, -0.2) is 16.8 Å². The number of rotatable bonds is 4. The second-order valence-electron chi connectivity index (χ2n) is 2.93. The zero-order valence-corrected chi connectivity index (χ0v) is 9.81. The summed E-state index contributed by atoms with van der Waals surface area (Å²) in [5.41, 5.74) is 0.356. The number of aliphatic carboxylic acids is 1. The van der Waals surface area contributed by atoms with Crippen molar-refractivity contribution in [2.75, 3.05) is 5.75 Å². The molecule has 1 aromatic rings. The minimum Gasteiger partial charge on any atom is -0.478 e. The van der Waals surface area contributed by atoms with E-state index in [9.17, 15) is 4.79 Å². The molecule has 0 radical (unpaired) electrons. The van der Waals surface area contributed by atoms with Crippen LogP contribution in [0.4, 0.5) is 0 Å². The van der Waals surface area contributed by atoms with Crippen LogP contribution in [0.1, 0.15) is 6.92 Å². The Morgan fingerprint density at radius 2 is 2.20 bits per heavy atom. The van der Waals surface area contributed by atoms with Gasteiger partial charge in [-0.2, -0.15) is 0 Å². The Morgan fingerprint density at radius 3 is 2.80 bits per heavy atom. The number of hydrogen-bond acceptors (Lipinski definition) is 2. The first kappa shape index (κ1) is 12.1. The van der Waals surface area contributed by atoms with Gasteiger partial charge in [-0.15, -0.1) is 11.8 Å². The molecule has 0 saturated carbocycles. The summed E-state index contributed by atoms with van der Waals surface area (Å²) in [4.78, 5) is 11.5. The van der Waals surface area contributed by atoms with Gasteiger partial charge >= 0.3 is 5.97 Å². The van der Waals surface area contributed by atoms with Crippen LogP contribution in [0.15, 0.2) is 40.8 Å². The molecule has 2 nitrogen and oxygen atoms in total. The van der Waals surface area contributed by atoms with Crippen LogP contribution in [0.3, 0.4) is 0 Å². The van der Waals surface area contributed by atoms with Gasteiger partial charge in [0.15, 0.2) is 0 Å². The van der Waals surface area contributed by atoms with Gasteiger partial charge in [0.1, 0.15) is 0 Å². The van der Waals surface area contributed by atoms with E-state index < -0.39 is 5.97 Å². The molecule has 1 rings (SSSR count). The van der Waals surface area contributed by atoms with Gasteiger partial charge in [-0.1, -0.05) is 29.8 Å². The molecule has 0 aromatic heterocycles. The lowest BCUT2D eigenvalue weighted by atomic mass is 10.3. The number of thioether (sulfide) groups is 1. The van der Waals surface area contributed by atoms with Crippen LogP contribution in [0.5, 0.6) is 0 Å². The number of hydrogen-bond donors (Lipinski definition) is 1. The van der Waals surface area contributed by atoms with Gasteiger partial charge in [-0.05, 0) is 19.1 Å². The highest BCUT2D eigenvalue weighted by atomic mass is 35.5. The third-order valence-corrected chi connectivity index (χ3v) is 3.24. The quantitative estimate of drug-likeness (QED) is 0.649. The summed E-state index contributed by atoms with van der Waals surface area (Å²) in [5.74, 6) is -0.267. The Kier molecular flexibility index (Phi) is 4.72. The first-order valence-electron chi connectivity index (χ1n) is 4.38. The van der Waals surface area contributed by atoms with Crippen molar-refractivity contribution in [2.24, 2.45) is 0 Å². The molecule has 1 N–H and O–H groups in total. The van der Waals surface area contributed by atoms with Crippen molar-refractivity contribution in [1.82, 2.24) is 0 Å². The van der Waals surface area contributed by atoms with Gasteiger partial charge in [-0.3, -0.25) is 0 Å². The molecule has 15 heavy (non-hydrogen) atoms. The standard InChI is InChI=1S/C11H11ClO2S/c1-8(11(13)14)6-7-15-10-5-3-2-4-9(10)12/h2-6H,7H2,1H3,(H,13,14). The van der Waals surface area contributed by atoms with Crippen molar-refractivity contribution in [3.8, 4) is 0 Å². The highest BCUT2D eigenvalue weighted by Crippen LogP contribution is 2.26. The average Bonchev–Trinajstić information content (AvgIpc) is 2.20. The van der Waals surface area contributed by atoms with Crippen LogP contribution in [0.25, 0.3) is 0 Å². The lowest BCUT2D eigenvalue weighted by Crippen LogP contribution is -1.96. The Balaban J connectivity index is 2.55. The number of benzene rings is 1. The predicted molar refractivity (Wildman–Crippen MR) is 63.6 cm³/mol.